The summed E-state index contributed by atoms with van der Waals surface area (Å²) in [5.74, 6) is 2.45. The Morgan fingerprint density at radius 3 is 1.49 bits per heavy atom. The minimum absolute atomic E-state index is 0.0187. The molecule has 4 aliphatic rings. The Kier molecular flexibility index (Phi) is 21.7. The number of aromatic nitrogens is 9. The molecule has 0 N–H and O–H groups in total. The van der Waals surface area contributed by atoms with E-state index in [9.17, 15) is 0 Å². The third-order valence-electron chi connectivity index (χ3n) is 13.2. The molecule has 414 valence electrons. The molecule has 9 rings (SSSR count). The van der Waals surface area contributed by atoms with Crippen molar-refractivity contribution in [1.82, 2.24) is 45.0 Å². The molecule has 0 aliphatic heterocycles. The average molecular weight is 1020 g/mol. The fourth-order valence-electron chi connectivity index (χ4n) is 10.1. The maximum atomic E-state index is 6.56. The maximum Gasteiger partial charge on any atom is 0.121 e. The number of fused-ring (bicyclic) bond motifs is 8. The topological polar surface area (TPSA) is 111 Å². The number of hydrogen-bond acceptors (Lipinski definition) is 8. The lowest BCUT2D eigenvalue weighted by atomic mass is 9.87. The standard InChI is InChI=1S/C24H29N3O.C18H31N3O.C12H21N3.C5H12.2C2H6/c1-23(2,3)27-22-19-14-10-9-13-18(19)20(28-24(4,5)6)15-16-11-7-8-12-17(16)21(22)25-26-27;1-17(2,3)21-16-10-8-13-12(7-9-15(16)19-20-21)14(13)11-22-18(4,5)6;1-12(2,3)15-11-9-7-5-4-6-8-10(11)13-14-15;1-5(2,3)4;2*1-2/h7-14,20H,15H2,1-6H3;12-14H,7-11H2,1-6H3;4-9H2,1-3H3;1-4H3;2*1-2H3. The lowest BCUT2D eigenvalue weighted by molar-refractivity contribution is -0.0611. The van der Waals surface area contributed by atoms with E-state index in [1.165, 1.54) is 72.4 Å². The van der Waals surface area contributed by atoms with Crippen LogP contribution in [0.2, 0.25) is 0 Å². The first kappa shape index (κ1) is 62.3. The highest BCUT2D eigenvalue weighted by Crippen LogP contribution is 2.53. The summed E-state index contributed by atoms with van der Waals surface area (Å²) in [7, 11) is 0. The molecule has 0 amide bonds. The van der Waals surface area contributed by atoms with E-state index in [-0.39, 0.29) is 33.9 Å². The van der Waals surface area contributed by atoms with Crippen molar-refractivity contribution in [2.24, 2.45) is 23.2 Å². The van der Waals surface area contributed by atoms with Gasteiger partial charge in [0.25, 0.3) is 0 Å². The number of hydrogen-bond donors (Lipinski definition) is 0. The highest BCUT2D eigenvalue weighted by Gasteiger charge is 2.50. The Balaban J connectivity index is 0.000000230. The van der Waals surface area contributed by atoms with E-state index in [1.807, 2.05) is 27.7 Å². The quantitative estimate of drug-likeness (QED) is 0.176. The van der Waals surface area contributed by atoms with Crippen LogP contribution in [-0.2, 0) is 58.2 Å². The third kappa shape index (κ3) is 17.7. The second kappa shape index (κ2) is 25.7. The van der Waals surface area contributed by atoms with Crippen LogP contribution in [0.3, 0.4) is 0 Å². The molecular formula is C63H105N9O2. The van der Waals surface area contributed by atoms with Crippen molar-refractivity contribution in [3.8, 4) is 22.5 Å². The van der Waals surface area contributed by atoms with Crippen LogP contribution in [0.25, 0.3) is 22.5 Å². The van der Waals surface area contributed by atoms with Crippen molar-refractivity contribution in [3.05, 3.63) is 82.4 Å². The van der Waals surface area contributed by atoms with Crippen LogP contribution in [0.15, 0.2) is 48.5 Å². The molecule has 0 bridgehead atoms. The van der Waals surface area contributed by atoms with Gasteiger partial charge in [0.2, 0.25) is 0 Å². The van der Waals surface area contributed by atoms with Crippen LogP contribution in [0.4, 0.5) is 0 Å². The molecular weight excluding hydrogens is 915 g/mol. The predicted octanol–water partition coefficient (Wildman–Crippen LogP) is 16.2. The average Bonchev–Trinajstić information content (AvgIpc) is 3.64. The second-order valence-corrected chi connectivity index (χ2v) is 27.1. The molecule has 0 spiro atoms. The molecule has 2 aromatic carbocycles. The lowest BCUT2D eigenvalue weighted by Crippen LogP contribution is -2.27. The molecule has 0 radical (unpaired) electrons. The summed E-state index contributed by atoms with van der Waals surface area (Å²) < 4.78 is 18.9. The van der Waals surface area contributed by atoms with Gasteiger partial charge in [-0.05, 0) is 190 Å². The molecule has 11 heteroatoms. The second-order valence-electron chi connectivity index (χ2n) is 27.1. The third-order valence-corrected chi connectivity index (χ3v) is 13.2. The van der Waals surface area contributed by atoms with Crippen LogP contribution in [0.5, 0.6) is 0 Å². The Bertz CT molecular complexity index is 2460. The molecule has 4 atom stereocenters. The van der Waals surface area contributed by atoms with Gasteiger partial charge < -0.3 is 9.47 Å². The molecule has 1 saturated carbocycles. The van der Waals surface area contributed by atoms with Crippen molar-refractivity contribution in [1.29, 1.82) is 0 Å². The van der Waals surface area contributed by atoms with Crippen LogP contribution >= 0.6 is 0 Å². The molecule has 4 aliphatic carbocycles. The van der Waals surface area contributed by atoms with Gasteiger partial charge in [-0.1, -0.05) is 132 Å². The zero-order valence-corrected chi connectivity index (χ0v) is 51.3. The minimum atomic E-state index is -0.239. The van der Waals surface area contributed by atoms with Gasteiger partial charge >= 0.3 is 0 Å². The van der Waals surface area contributed by atoms with E-state index in [0.717, 1.165) is 79.0 Å². The van der Waals surface area contributed by atoms with E-state index in [4.69, 9.17) is 9.47 Å². The van der Waals surface area contributed by atoms with Crippen LogP contribution in [-0.4, -0.2) is 62.8 Å². The Hall–Kier alpha value is -4.22. The molecule has 5 aromatic rings. The summed E-state index contributed by atoms with van der Waals surface area (Å²) in [5, 5.41) is 26.8. The van der Waals surface area contributed by atoms with Gasteiger partial charge in [0, 0.05) is 17.5 Å². The molecule has 4 unspecified atom stereocenters. The van der Waals surface area contributed by atoms with Crippen molar-refractivity contribution in [2.75, 3.05) is 6.61 Å². The first-order chi connectivity index (χ1) is 34.4. The monoisotopic (exact) mass is 1020 g/mol. The number of aryl methyl sites for hydroxylation is 2. The summed E-state index contributed by atoms with van der Waals surface area (Å²) in [6.45, 7) is 50.2. The highest BCUT2D eigenvalue weighted by atomic mass is 16.5. The minimum Gasteiger partial charge on any atom is -0.376 e. The molecule has 1 fully saturated rings. The van der Waals surface area contributed by atoms with Gasteiger partial charge in [-0.15, -0.1) is 15.3 Å². The van der Waals surface area contributed by atoms with Gasteiger partial charge in [0.1, 0.15) is 5.69 Å². The van der Waals surface area contributed by atoms with Crippen molar-refractivity contribution < 1.29 is 9.47 Å². The van der Waals surface area contributed by atoms with Gasteiger partial charge in [0.05, 0.1) is 69.0 Å². The highest BCUT2D eigenvalue weighted by molar-refractivity contribution is 5.82. The number of rotatable bonds is 3. The van der Waals surface area contributed by atoms with Gasteiger partial charge in [0.15, 0.2) is 0 Å². The Morgan fingerprint density at radius 2 is 0.959 bits per heavy atom. The first-order valence-electron chi connectivity index (χ1n) is 28.7. The van der Waals surface area contributed by atoms with E-state index in [0.29, 0.717) is 5.41 Å². The number of ether oxygens (including phenoxy) is 2. The molecule has 74 heavy (non-hydrogen) atoms. The summed E-state index contributed by atoms with van der Waals surface area (Å²) in [5.41, 5.74) is 12.1. The van der Waals surface area contributed by atoms with Gasteiger partial charge in [-0.25, -0.2) is 14.0 Å². The fraction of sp³-hybridized carbons (Fsp3) is 0.714. The van der Waals surface area contributed by atoms with Crippen molar-refractivity contribution in [3.63, 3.8) is 0 Å². The van der Waals surface area contributed by atoms with Crippen LogP contribution in [0.1, 0.15) is 238 Å². The summed E-state index contributed by atoms with van der Waals surface area (Å²) in [4.78, 5) is 0. The lowest BCUT2D eigenvalue weighted by Gasteiger charge is -2.32. The van der Waals surface area contributed by atoms with Crippen LogP contribution < -0.4 is 0 Å². The number of benzene rings is 2. The van der Waals surface area contributed by atoms with E-state index in [1.54, 1.807) is 0 Å². The van der Waals surface area contributed by atoms with E-state index < -0.39 is 0 Å². The number of nitrogens with zero attached hydrogens (tertiary/aromatic N) is 9. The van der Waals surface area contributed by atoms with E-state index >= 15 is 0 Å². The molecule has 3 heterocycles. The van der Waals surface area contributed by atoms with Crippen molar-refractivity contribution in [2.45, 2.75) is 264 Å². The van der Waals surface area contributed by atoms with Gasteiger partial charge in [-0.2, -0.15) is 0 Å². The largest absolute Gasteiger partial charge is 0.376 e. The smallest absolute Gasteiger partial charge is 0.121 e. The van der Waals surface area contributed by atoms with Crippen molar-refractivity contribution >= 4 is 0 Å². The van der Waals surface area contributed by atoms with Gasteiger partial charge in [-0.3, -0.25) is 0 Å². The summed E-state index contributed by atoms with van der Waals surface area (Å²) >= 11 is 0. The Morgan fingerprint density at radius 1 is 0.500 bits per heavy atom. The predicted molar refractivity (Wildman–Crippen MR) is 310 cm³/mol. The normalized spacial score (nSPS) is 19.4. The molecule has 0 saturated heterocycles. The molecule has 3 aromatic heterocycles. The first-order valence-corrected chi connectivity index (χ1v) is 28.7. The zero-order chi connectivity index (χ0) is 55.6. The SMILES string of the molecule is CC.CC.CC(C)(C)C.CC(C)(C)OC1Cc2ccccc2-c2nnn(C(C)(C)C)c2-c2ccccc21.CC(C)(C)OCC1C2CCc3nnn(C(C)(C)C)c3CCC21.CC(C)(C)n1nnc2c1CCCCCC2. The fourth-order valence-corrected chi connectivity index (χ4v) is 10.1. The zero-order valence-electron chi connectivity index (χ0n) is 51.3. The summed E-state index contributed by atoms with van der Waals surface area (Å²) in [6.07, 6.45) is 13.0. The van der Waals surface area contributed by atoms with Crippen LogP contribution in [0, 0.1) is 23.2 Å². The molecule has 11 nitrogen and oxygen atoms in total. The maximum absolute atomic E-state index is 6.56. The van der Waals surface area contributed by atoms with E-state index in [2.05, 4.69) is 225 Å². The summed E-state index contributed by atoms with van der Waals surface area (Å²) in [6, 6.07) is 17.0. The Labute approximate surface area is 451 Å².